The molecule has 0 radical (unpaired) electrons. The van der Waals surface area contributed by atoms with E-state index < -0.39 is 0 Å². The Balaban J connectivity index is 4.14. The minimum atomic E-state index is -0.279. The fourth-order valence-corrected chi connectivity index (χ4v) is 1.24. The molecule has 0 fully saturated rings. The van der Waals surface area contributed by atoms with E-state index in [0.717, 1.165) is 0 Å². The van der Waals surface area contributed by atoms with E-state index in [2.05, 4.69) is 6.58 Å². The third-order valence-corrected chi connectivity index (χ3v) is 2.14. The maximum atomic E-state index is 11.2. The number of carbonyl (C=O) groups excluding carboxylic acids is 1. The third-order valence-electron chi connectivity index (χ3n) is 1.54. The normalized spacial score (nSPS) is 11.6. The summed E-state index contributed by atoms with van der Waals surface area (Å²) >= 11 is 11.2. The quantitative estimate of drug-likeness (QED) is 0.514. The van der Waals surface area contributed by atoms with Crippen LogP contribution in [0, 0.1) is 0 Å². The summed E-state index contributed by atoms with van der Waals surface area (Å²) in [5.41, 5.74) is 1.28. The van der Waals surface area contributed by atoms with Gasteiger partial charge in [0, 0.05) is 23.7 Å². The SMILES string of the molecule is C=CCN(CC(=O)OCC)C/C(Cl)=C/Cl. The topological polar surface area (TPSA) is 29.5 Å². The van der Waals surface area contributed by atoms with Crippen molar-refractivity contribution in [2.75, 3.05) is 26.2 Å². The van der Waals surface area contributed by atoms with Gasteiger partial charge < -0.3 is 4.74 Å². The van der Waals surface area contributed by atoms with Crippen LogP contribution in [0.5, 0.6) is 0 Å². The van der Waals surface area contributed by atoms with Crippen molar-refractivity contribution in [1.29, 1.82) is 0 Å². The number of halogens is 2. The van der Waals surface area contributed by atoms with Crippen molar-refractivity contribution in [3.05, 3.63) is 23.2 Å². The second kappa shape index (κ2) is 8.77. The predicted molar refractivity (Wildman–Crippen MR) is 63.1 cm³/mol. The van der Waals surface area contributed by atoms with Crippen molar-refractivity contribution >= 4 is 29.2 Å². The number of carbonyl (C=O) groups is 1. The summed E-state index contributed by atoms with van der Waals surface area (Å²) in [6, 6.07) is 0. The highest BCUT2D eigenvalue weighted by atomic mass is 35.5. The zero-order valence-electron chi connectivity index (χ0n) is 8.71. The second-order valence-electron chi connectivity index (χ2n) is 2.82. The highest BCUT2D eigenvalue weighted by molar-refractivity contribution is 6.36. The molecule has 15 heavy (non-hydrogen) atoms. The lowest BCUT2D eigenvalue weighted by Gasteiger charge is -2.18. The molecule has 0 amide bonds. The van der Waals surface area contributed by atoms with Gasteiger partial charge in [0.15, 0.2) is 0 Å². The standard InChI is InChI=1S/C10H15Cl2NO2/c1-3-5-13(7-9(12)6-11)8-10(14)15-4-2/h3,6H,1,4-5,7-8H2,2H3/b9-6-. The molecule has 3 nitrogen and oxygen atoms in total. The Morgan fingerprint density at radius 2 is 2.20 bits per heavy atom. The van der Waals surface area contributed by atoms with Crippen LogP contribution < -0.4 is 0 Å². The molecule has 0 rings (SSSR count). The highest BCUT2D eigenvalue weighted by Crippen LogP contribution is 2.06. The fourth-order valence-electron chi connectivity index (χ4n) is 1.00. The van der Waals surface area contributed by atoms with Gasteiger partial charge in [-0.1, -0.05) is 29.3 Å². The van der Waals surface area contributed by atoms with E-state index in [9.17, 15) is 4.79 Å². The van der Waals surface area contributed by atoms with E-state index >= 15 is 0 Å². The Hall–Kier alpha value is -0.510. The molecule has 0 N–H and O–H groups in total. The first-order valence-corrected chi connectivity index (χ1v) is 5.39. The maximum absolute atomic E-state index is 11.2. The molecular weight excluding hydrogens is 237 g/mol. The monoisotopic (exact) mass is 251 g/mol. The summed E-state index contributed by atoms with van der Waals surface area (Å²) in [5, 5.41) is 0.475. The van der Waals surface area contributed by atoms with Gasteiger partial charge in [0.25, 0.3) is 0 Å². The first-order valence-electron chi connectivity index (χ1n) is 4.57. The van der Waals surface area contributed by atoms with Crippen LogP contribution in [0.1, 0.15) is 6.92 Å². The first kappa shape index (κ1) is 14.5. The summed E-state index contributed by atoms with van der Waals surface area (Å²) < 4.78 is 4.82. The van der Waals surface area contributed by atoms with Crippen molar-refractivity contribution in [3.8, 4) is 0 Å². The van der Waals surface area contributed by atoms with Crippen LogP contribution in [0.4, 0.5) is 0 Å². The van der Waals surface area contributed by atoms with Crippen LogP contribution in [0.15, 0.2) is 23.2 Å². The minimum Gasteiger partial charge on any atom is -0.465 e. The smallest absolute Gasteiger partial charge is 0.320 e. The summed E-state index contributed by atoms with van der Waals surface area (Å²) in [7, 11) is 0. The Morgan fingerprint density at radius 1 is 1.53 bits per heavy atom. The molecule has 86 valence electrons. The Morgan fingerprint density at radius 3 is 2.67 bits per heavy atom. The molecule has 0 aliphatic carbocycles. The van der Waals surface area contributed by atoms with Crippen molar-refractivity contribution in [2.45, 2.75) is 6.92 Å². The van der Waals surface area contributed by atoms with Gasteiger partial charge in [-0.3, -0.25) is 9.69 Å². The van der Waals surface area contributed by atoms with Crippen LogP contribution in [-0.4, -0.2) is 37.1 Å². The predicted octanol–water partition coefficient (Wildman–Crippen LogP) is 2.36. The lowest BCUT2D eigenvalue weighted by atomic mass is 10.4. The Bertz CT molecular complexity index is 242. The van der Waals surface area contributed by atoms with E-state index in [-0.39, 0.29) is 12.5 Å². The van der Waals surface area contributed by atoms with Crippen LogP contribution in [0.25, 0.3) is 0 Å². The van der Waals surface area contributed by atoms with Gasteiger partial charge in [0.2, 0.25) is 0 Å². The maximum Gasteiger partial charge on any atom is 0.320 e. The number of esters is 1. The van der Waals surface area contributed by atoms with Gasteiger partial charge in [-0.2, -0.15) is 0 Å². The lowest BCUT2D eigenvalue weighted by Crippen LogP contribution is -2.32. The van der Waals surface area contributed by atoms with Gasteiger partial charge in [-0.15, -0.1) is 6.58 Å². The number of hydrogen-bond donors (Lipinski definition) is 0. The van der Waals surface area contributed by atoms with Crippen molar-refractivity contribution < 1.29 is 9.53 Å². The summed E-state index contributed by atoms with van der Waals surface area (Å²) in [5.74, 6) is -0.279. The number of nitrogens with zero attached hydrogens (tertiary/aromatic N) is 1. The van der Waals surface area contributed by atoms with Crippen LogP contribution in [0.3, 0.4) is 0 Å². The zero-order chi connectivity index (χ0) is 11.7. The molecule has 0 aromatic carbocycles. The van der Waals surface area contributed by atoms with Crippen LogP contribution in [-0.2, 0) is 9.53 Å². The number of rotatable bonds is 7. The lowest BCUT2D eigenvalue weighted by molar-refractivity contribution is -0.144. The molecule has 5 heteroatoms. The summed E-state index contributed by atoms with van der Waals surface area (Å²) in [6.45, 7) is 6.89. The van der Waals surface area contributed by atoms with E-state index in [1.54, 1.807) is 17.9 Å². The van der Waals surface area contributed by atoms with Crippen LogP contribution >= 0.6 is 23.2 Å². The largest absolute Gasteiger partial charge is 0.465 e. The fraction of sp³-hybridized carbons (Fsp3) is 0.500. The first-order chi connectivity index (χ1) is 7.13. The Labute approximate surface area is 100 Å². The number of hydrogen-bond acceptors (Lipinski definition) is 3. The molecule has 0 saturated heterocycles. The molecule has 0 saturated carbocycles. The van der Waals surface area contributed by atoms with E-state index in [4.69, 9.17) is 27.9 Å². The molecule has 0 aliphatic heterocycles. The Kier molecular flexibility index (Phi) is 8.47. The van der Waals surface area contributed by atoms with Crippen molar-refractivity contribution in [1.82, 2.24) is 4.90 Å². The molecule has 0 aliphatic rings. The van der Waals surface area contributed by atoms with Gasteiger partial charge in [0.05, 0.1) is 13.2 Å². The van der Waals surface area contributed by atoms with E-state index in [1.165, 1.54) is 5.54 Å². The molecular formula is C10H15Cl2NO2. The highest BCUT2D eigenvalue weighted by Gasteiger charge is 2.10. The van der Waals surface area contributed by atoms with Gasteiger partial charge in [0.1, 0.15) is 0 Å². The van der Waals surface area contributed by atoms with Crippen molar-refractivity contribution in [3.63, 3.8) is 0 Å². The minimum absolute atomic E-state index is 0.181. The molecule has 0 aromatic rings. The van der Waals surface area contributed by atoms with Crippen LogP contribution in [0.2, 0.25) is 0 Å². The third kappa shape index (κ3) is 7.42. The summed E-state index contributed by atoms with van der Waals surface area (Å²) in [4.78, 5) is 13.0. The molecule has 0 atom stereocenters. The zero-order valence-corrected chi connectivity index (χ0v) is 10.2. The molecule has 0 bridgehead atoms. The summed E-state index contributed by atoms with van der Waals surface area (Å²) in [6.07, 6.45) is 1.69. The molecule has 0 spiro atoms. The van der Waals surface area contributed by atoms with Crippen molar-refractivity contribution in [2.24, 2.45) is 0 Å². The van der Waals surface area contributed by atoms with E-state index in [0.29, 0.717) is 24.7 Å². The number of ether oxygens (including phenoxy) is 1. The molecule has 0 heterocycles. The van der Waals surface area contributed by atoms with Gasteiger partial charge in [-0.05, 0) is 6.92 Å². The second-order valence-corrected chi connectivity index (χ2v) is 3.52. The van der Waals surface area contributed by atoms with Gasteiger partial charge in [-0.25, -0.2) is 0 Å². The molecule has 0 unspecified atom stereocenters. The molecule has 0 aromatic heterocycles. The van der Waals surface area contributed by atoms with Gasteiger partial charge >= 0.3 is 5.97 Å². The average molecular weight is 252 g/mol. The average Bonchev–Trinajstić information content (AvgIpc) is 2.18. The van der Waals surface area contributed by atoms with E-state index in [1.807, 2.05) is 0 Å².